The number of nitrogens with zero attached hydrogens (tertiary/aromatic N) is 1. The molecular formula is C20H33NO3. The lowest BCUT2D eigenvalue weighted by Gasteiger charge is -2.21. The Kier molecular flexibility index (Phi) is 8.08. The number of hydrogen-bond donors (Lipinski definition) is 2. The van der Waals surface area contributed by atoms with E-state index in [1.54, 1.807) is 0 Å². The van der Waals surface area contributed by atoms with Crippen LogP contribution >= 0.6 is 0 Å². The van der Waals surface area contributed by atoms with Gasteiger partial charge in [-0.2, -0.15) is 5.26 Å². The van der Waals surface area contributed by atoms with E-state index in [1.165, 1.54) is 19.3 Å². The second-order valence-electron chi connectivity index (χ2n) is 7.46. The molecule has 0 amide bonds. The van der Waals surface area contributed by atoms with Crippen LogP contribution in [-0.2, 0) is 4.74 Å². The number of ether oxygens (including phenoxy) is 1. The number of unbranched alkanes of at least 4 members (excludes halogenated alkanes) is 5. The van der Waals surface area contributed by atoms with Gasteiger partial charge in [0, 0.05) is 18.9 Å². The van der Waals surface area contributed by atoms with Crippen LogP contribution in [0.3, 0.4) is 0 Å². The van der Waals surface area contributed by atoms with Gasteiger partial charge in [-0.15, -0.1) is 0 Å². The van der Waals surface area contributed by atoms with Crippen molar-refractivity contribution in [2.45, 2.75) is 83.3 Å². The number of rotatable bonds is 10. The van der Waals surface area contributed by atoms with Gasteiger partial charge in [-0.1, -0.05) is 26.2 Å². The number of aliphatic hydroxyl groups is 2. The Hall–Kier alpha value is -1.05. The highest BCUT2D eigenvalue weighted by atomic mass is 16.5. The molecule has 0 aromatic rings. The summed E-state index contributed by atoms with van der Waals surface area (Å²) in [7, 11) is 0. The summed E-state index contributed by atoms with van der Waals surface area (Å²) in [5.74, 6) is 1.10. The molecule has 4 nitrogen and oxygen atoms in total. The van der Waals surface area contributed by atoms with Gasteiger partial charge >= 0.3 is 0 Å². The Labute approximate surface area is 146 Å². The molecule has 2 fully saturated rings. The highest BCUT2D eigenvalue weighted by Crippen LogP contribution is 2.50. The first-order chi connectivity index (χ1) is 11.7. The Bertz CT molecular complexity index is 443. The van der Waals surface area contributed by atoms with Gasteiger partial charge in [-0.3, -0.25) is 0 Å². The molecule has 0 heterocycles. The molecule has 2 aliphatic rings. The maximum atomic E-state index is 10.5. The van der Waals surface area contributed by atoms with E-state index in [9.17, 15) is 10.2 Å². The zero-order valence-electron chi connectivity index (χ0n) is 15.0. The Morgan fingerprint density at radius 1 is 1.21 bits per heavy atom. The summed E-state index contributed by atoms with van der Waals surface area (Å²) in [5.41, 5.74) is 0. The van der Waals surface area contributed by atoms with Crippen LogP contribution < -0.4 is 0 Å². The molecule has 0 aliphatic heterocycles. The Morgan fingerprint density at radius 3 is 2.79 bits per heavy atom. The van der Waals surface area contributed by atoms with Gasteiger partial charge in [0.15, 0.2) is 0 Å². The molecule has 2 N–H and O–H groups in total. The lowest BCUT2D eigenvalue weighted by molar-refractivity contribution is 0.0384. The molecule has 0 unspecified atom stereocenters. The zero-order valence-corrected chi connectivity index (χ0v) is 15.0. The quantitative estimate of drug-likeness (QED) is 0.455. The van der Waals surface area contributed by atoms with E-state index in [-0.39, 0.29) is 12.0 Å². The summed E-state index contributed by atoms with van der Waals surface area (Å²) in [5, 5.41) is 29.4. The van der Waals surface area contributed by atoms with E-state index in [1.807, 2.05) is 6.08 Å². The third-order valence-corrected chi connectivity index (χ3v) is 5.67. The van der Waals surface area contributed by atoms with Crippen LogP contribution in [0.4, 0.5) is 0 Å². The minimum Gasteiger partial charge on any atom is -0.512 e. The van der Waals surface area contributed by atoms with Gasteiger partial charge in [0.05, 0.1) is 24.0 Å². The van der Waals surface area contributed by atoms with Crippen molar-refractivity contribution in [2.24, 2.45) is 17.8 Å². The molecule has 0 spiro atoms. The smallest absolute Gasteiger partial charge is 0.0942 e. The lowest BCUT2D eigenvalue weighted by atomic mass is 9.89. The number of hydrogen-bond acceptors (Lipinski definition) is 4. The van der Waals surface area contributed by atoms with E-state index < -0.39 is 6.10 Å². The Morgan fingerprint density at radius 2 is 2.04 bits per heavy atom. The molecule has 0 aromatic heterocycles. The van der Waals surface area contributed by atoms with Gasteiger partial charge in [-0.05, 0) is 56.4 Å². The van der Waals surface area contributed by atoms with Crippen LogP contribution in [0.1, 0.15) is 71.1 Å². The van der Waals surface area contributed by atoms with E-state index in [2.05, 4.69) is 13.0 Å². The molecule has 2 aliphatic carbocycles. The molecule has 0 radical (unpaired) electrons. The number of fused-ring (bicyclic) bond motifs is 1. The summed E-state index contributed by atoms with van der Waals surface area (Å²) >= 11 is 0. The minimum absolute atomic E-state index is 0.103. The minimum atomic E-state index is -0.411. The van der Waals surface area contributed by atoms with Crippen molar-refractivity contribution in [1.82, 2.24) is 0 Å². The van der Waals surface area contributed by atoms with E-state index in [4.69, 9.17) is 10.00 Å². The molecule has 4 heteroatoms. The molecule has 0 bridgehead atoms. The standard InChI is InChI=1S/C20H33NO3/c1-2-3-4-5-6-9-18(22)20-17-14-16(24-11-8-7-10-21)12-15(17)13-19(20)23/h9,15-17,19-20,22-23H,2-8,11-14H2,1H3/b18-9+/t15-,16+,17-,19-,20+/m1/s1. The highest BCUT2D eigenvalue weighted by Gasteiger charge is 2.49. The van der Waals surface area contributed by atoms with E-state index >= 15 is 0 Å². The maximum Gasteiger partial charge on any atom is 0.0942 e. The van der Waals surface area contributed by atoms with Gasteiger partial charge < -0.3 is 14.9 Å². The average Bonchev–Trinajstić information content (AvgIpc) is 3.07. The fourth-order valence-corrected chi connectivity index (χ4v) is 4.47. The highest BCUT2D eigenvalue weighted by molar-refractivity contribution is 5.10. The Balaban J connectivity index is 1.80. The van der Waals surface area contributed by atoms with Crippen molar-refractivity contribution in [2.75, 3.05) is 6.61 Å². The topological polar surface area (TPSA) is 73.5 Å². The molecule has 5 atom stereocenters. The van der Waals surface area contributed by atoms with Crippen LogP contribution in [0, 0.1) is 29.1 Å². The monoisotopic (exact) mass is 335 g/mol. The summed E-state index contributed by atoms with van der Waals surface area (Å²) in [4.78, 5) is 0. The van der Waals surface area contributed by atoms with Gasteiger partial charge in [0.1, 0.15) is 0 Å². The maximum absolute atomic E-state index is 10.5. The molecule has 0 aromatic carbocycles. The van der Waals surface area contributed by atoms with Crippen LogP contribution in [0.5, 0.6) is 0 Å². The zero-order chi connectivity index (χ0) is 17.4. The molecule has 24 heavy (non-hydrogen) atoms. The van der Waals surface area contributed by atoms with Gasteiger partial charge in [0.2, 0.25) is 0 Å². The summed E-state index contributed by atoms with van der Waals surface area (Å²) in [6, 6.07) is 2.14. The van der Waals surface area contributed by atoms with Crippen molar-refractivity contribution in [3.8, 4) is 6.07 Å². The summed E-state index contributed by atoms with van der Waals surface area (Å²) in [6.45, 7) is 2.84. The van der Waals surface area contributed by atoms with Gasteiger partial charge in [-0.25, -0.2) is 0 Å². The van der Waals surface area contributed by atoms with Crippen LogP contribution in [0.25, 0.3) is 0 Å². The molecular weight excluding hydrogens is 302 g/mol. The second kappa shape index (κ2) is 10.1. The van der Waals surface area contributed by atoms with Crippen molar-refractivity contribution >= 4 is 0 Å². The van der Waals surface area contributed by atoms with E-state index in [0.717, 1.165) is 38.5 Å². The van der Waals surface area contributed by atoms with Crippen molar-refractivity contribution in [3.05, 3.63) is 11.8 Å². The predicted molar refractivity (Wildman–Crippen MR) is 94.4 cm³/mol. The van der Waals surface area contributed by atoms with Gasteiger partial charge in [0.25, 0.3) is 0 Å². The average molecular weight is 335 g/mol. The second-order valence-corrected chi connectivity index (χ2v) is 7.46. The van der Waals surface area contributed by atoms with Crippen molar-refractivity contribution < 1.29 is 14.9 Å². The van der Waals surface area contributed by atoms with Crippen LogP contribution in [-0.4, -0.2) is 29.0 Å². The SMILES string of the molecule is CCCCCC/C=C(/O)[C@@H]1[C@@H]2C[C@@H](OCCCC#N)C[C@@H]2C[C@H]1O. The third-order valence-electron chi connectivity index (χ3n) is 5.67. The predicted octanol–water partition coefficient (Wildman–Crippen LogP) is 4.49. The summed E-state index contributed by atoms with van der Waals surface area (Å²) in [6.07, 6.45) is 11.5. The first kappa shape index (κ1) is 19.3. The summed E-state index contributed by atoms with van der Waals surface area (Å²) < 4.78 is 5.90. The number of nitriles is 1. The number of allylic oxidation sites excluding steroid dienone is 1. The molecule has 2 saturated carbocycles. The van der Waals surface area contributed by atoms with Crippen molar-refractivity contribution in [1.29, 1.82) is 5.26 Å². The van der Waals surface area contributed by atoms with E-state index in [0.29, 0.717) is 30.6 Å². The third kappa shape index (κ3) is 5.22. The first-order valence-corrected chi connectivity index (χ1v) is 9.73. The normalized spacial score (nSPS) is 32.7. The van der Waals surface area contributed by atoms with Crippen LogP contribution in [0.2, 0.25) is 0 Å². The van der Waals surface area contributed by atoms with Crippen molar-refractivity contribution in [3.63, 3.8) is 0 Å². The fourth-order valence-electron chi connectivity index (χ4n) is 4.47. The number of aliphatic hydroxyl groups excluding tert-OH is 2. The van der Waals surface area contributed by atoms with Crippen LogP contribution in [0.15, 0.2) is 11.8 Å². The lowest BCUT2D eigenvalue weighted by Crippen LogP contribution is -2.23. The fraction of sp³-hybridized carbons (Fsp3) is 0.850. The molecule has 136 valence electrons. The molecule has 0 saturated heterocycles. The first-order valence-electron chi connectivity index (χ1n) is 9.73. The molecule has 2 rings (SSSR count). The largest absolute Gasteiger partial charge is 0.512 e.